The van der Waals surface area contributed by atoms with Gasteiger partial charge in [-0.3, -0.25) is 9.59 Å². The predicted octanol–water partition coefficient (Wildman–Crippen LogP) is 3.39. The van der Waals surface area contributed by atoms with E-state index >= 15 is 0 Å². The van der Waals surface area contributed by atoms with Crippen LogP contribution in [0.2, 0.25) is 0 Å². The molecule has 0 aromatic heterocycles. The zero-order valence-electron chi connectivity index (χ0n) is 14.6. The van der Waals surface area contributed by atoms with E-state index in [0.717, 1.165) is 11.3 Å². The summed E-state index contributed by atoms with van der Waals surface area (Å²) >= 11 is 0. The highest BCUT2D eigenvalue weighted by atomic mass is 16.5. The van der Waals surface area contributed by atoms with Gasteiger partial charge in [-0.15, -0.1) is 0 Å². The number of hydrogen-bond donors (Lipinski definition) is 0. The molecule has 0 saturated heterocycles. The second-order valence-corrected chi connectivity index (χ2v) is 6.12. The maximum atomic E-state index is 13.1. The molecule has 1 aliphatic rings. The van der Waals surface area contributed by atoms with Crippen molar-refractivity contribution in [2.75, 3.05) is 19.1 Å². The summed E-state index contributed by atoms with van der Waals surface area (Å²) in [5, 5.41) is 0. The first-order valence-electron chi connectivity index (χ1n) is 8.21. The number of esters is 1. The third-order valence-corrected chi connectivity index (χ3v) is 4.63. The quantitative estimate of drug-likeness (QED) is 0.805. The molecule has 3 rings (SSSR count). The van der Waals surface area contributed by atoms with Crippen molar-refractivity contribution in [1.29, 1.82) is 0 Å². The number of methoxy groups -OCH3 is 2. The highest BCUT2D eigenvalue weighted by Gasteiger charge is 2.37. The third-order valence-electron chi connectivity index (χ3n) is 4.63. The first kappa shape index (κ1) is 17.0. The van der Waals surface area contributed by atoms with Gasteiger partial charge in [-0.1, -0.05) is 18.2 Å². The van der Waals surface area contributed by atoms with Gasteiger partial charge in [0.05, 0.1) is 20.1 Å². The Kier molecular flexibility index (Phi) is 4.74. The van der Waals surface area contributed by atoms with Crippen LogP contribution in [0.1, 0.15) is 35.2 Å². The maximum Gasteiger partial charge on any atom is 0.313 e. The number of anilines is 1. The highest BCUT2D eigenvalue weighted by Crippen LogP contribution is 2.39. The van der Waals surface area contributed by atoms with Gasteiger partial charge >= 0.3 is 5.97 Å². The largest absolute Gasteiger partial charge is 0.497 e. The zero-order chi connectivity index (χ0) is 18.0. The minimum atomic E-state index is -0.351. The molecule has 0 radical (unpaired) electrons. The number of rotatable bonds is 3. The van der Waals surface area contributed by atoms with Gasteiger partial charge < -0.3 is 14.4 Å². The first-order chi connectivity index (χ1) is 12.1. The Morgan fingerprint density at radius 2 is 1.72 bits per heavy atom. The molecule has 2 aromatic carbocycles. The van der Waals surface area contributed by atoms with E-state index in [2.05, 4.69) is 0 Å². The van der Waals surface area contributed by atoms with Crippen molar-refractivity contribution in [3.05, 3.63) is 59.7 Å². The second kappa shape index (κ2) is 6.97. The van der Waals surface area contributed by atoms with Gasteiger partial charge in [0, 0.05) is 17.3 Å². The van der Waals surface area contributed by atoms with Gasteiger partial charge in [0.2, 0.25) is 0 Å². The SMILES string of the molecule is COC(=O)C1CC(C)N(C(=O)c2ccc(OC)cc2)c2ccccc21. The molecule has 0 saturated carbocycles. The minimum absolute atomic E-state index is 0.0917. The van der Waals surface area contributed by atoms with Gasteiger partial charge in [-0.2, -0.15) is 0 Å². The van der Waals surface area contributed by atoms with Crippen LogP contribution in [0.3, 0.4) is 0 Å². The van der Waals surface area contributed by atoms with E-state index in [0.29, 0.717) is 17.7 Å². The van der Waals surface area contributed by atoms with Crippen molar-refractivity contribution in [1.82, 2.24) is 0 Å². The van der Waals surface area contributed by atoms with Crippen molar-refractivity contribution in [2.45, 2.75) is 25.3 Å². The molecule has 2 unspecified atom stereocenters. The van der Waals surface area contributed by atoms with Crippen molar-refractivity contribution in [2.24, 2.45) is 0 Å². The van der Waals surface area contributed by atoms with Gasteiger partial charge in [0.1, 0.15) is 5.75 Å². The number of fused-ring (bicyclic) bond motifs is 1. The lowest BCUT2D eigenvalue weighted by Gasteiger charge is -2.38. The monoisotopic (exact) mass is 339 g/mol. The normalized spacial score (nSPS) is 19.1. The molecular weight excluding hydrogens is 318 g/mol. The highest BCUT2D eigenvalue weighted by molar-refractivity contribution is 6.08. The third kappa shape index (κ3) is 3.09. The Hall–Kier alpha value is -2.82. The second-order valence-electron chi connectivity index (χ2n) is 6.12. The number of benzene rings is 2. The van der Waals surface area contributed by atoms with Crippen LogP contribution in [0.5, 0.6) is 5.75 Å². The van der Waals surface area contributed by atoms with Crippen LogP contribution in [0.4, 0.5) is 5.69 Å². The number of para-hydroxylation sites is 1. The standard InChI is InChI=1S/C20H21NO4/c1-13-12-17(20(23)25-3)16-6-4-5-7-18(16)21(13)19(22)14-8-10-15(24-2)11-9-14/h4-11,13,17H,12H2,1-3H3. The summed E-state index contributed by atoms with van der Waals surface area (Å²) in [6.07, 6.45) is 0.533. The fourth-order valence-electron chi connectivity index (χ4n) is 3.36. The summed E-state index contributed by atoms with van der Waals surface area (Å²) in [5.74, 6) is -0.00715. The number of carbonyl (C=O) groups excluding carboxylic acids is 2. The van der Waals surface area contributed by atoms with E-state index in [-0.39, 0.29) is 23.8 Å². The Morgan fingerprint density at radius 1 is 1.04 bits per heavy atom. The summed E-state index contributed by atoms with van der Waals surface area (Å²) in [4.78, 5) is 27.0. The summed E-state index contributed by atoms with van der Waals surface area (Å²) in [7, 11) is 2.98. The van der Waals surface area contributed by atoms with E-state index in [1.165, 1.54) is 7.11 Å². The van der Waals surface area contributed by atoms with Crippen LogP contribution in [-0.2, 0) is 9.53 Å². The molecule has 2 aromatic rings. The van der Waals surface area contributed by atoms with Gasteiger partial charge in [0.25, 0.3) is 5.91 Å². The molecule has 0 aliphatic carbocycles. The molecule has 0 spiro atoms. The fraction of sp³-hybridized carbons (Fsp3) is 0.300. The van der Waals surface area contributed by atoms with Crippen LogP contribution in [0, 0.1) is 0 Å². The summed E-state index contributed by atoms with van der Waals surface area (Å²) in [6, 6.07) is 14.4. The summed E-state index contributed by atoms with van der Waals surface area (Å²) in [6.45, 7) is 1.95. The van der Waals surface area contributed by atoms with Crippen LogP contribution >= 0.6 is 0 Å². The predicted molar refractivity (Wildman–Crippen MR) is 95.1 cm³/mol. The topological polar surface area (TPSA) is 55.8 Å². The van der Waals surface area contributed by atoms with Crippen molar-refractivity contribution in [3.63, 3.8) is 0 Å². The number of carbonyl (C=O) groups is 2. The van der Waals surface area contributed by atoms with Crippen LogP contribution in [0.25, 0.3) is 0 Å². The molecule has 25 heavy (non-hydrogen) atoms. The number of hydrogen-bond acceptors (Lipinski definition) is 4. The average Bonchev–Trinajstić information content (AvgIpc) is 2.66. The van der Waals surface area contributed by atoms with Gasteiger partial charge in [-0.25, -0.2) is 0 Å². The van der Waals surface area contributed by atoms with Crippen molar-refractivity contribution >= 4 is 17.6 Å². The number of amides is 1. The Labute approximate surface area is 147 Å². The van der Waals surface area contributed by atoms with E-state index < -0.39 is 0 Å². The Balaban J connectivity index is 2.00. The van der Waals surface area contributed by atoms with Crippen molar-refractivity contribution in [3.8, 4) is 5.75 Å². The van der Waals surface area contributed by atoms with Crippen LogP contribution < -0.4 is 9.64 Å². The summed E-state index contributed by atoms with van der Waals surface area (Å²) < 4.78 is 10.1. The molecule has 2 atom stereocenters. The van der Waals surface area contributed by atoms with Gasteiger partial charge in [-0.05, 0) is 49.2 Å². The number of ether oxygens (including phenoxy) is 2. The van der Waals surface area contributed by atoms with Crippen LogP contribution in [0.15, 0.2) is 48.5 Å². The van der Waals surface area contributed by atoms with E-state index in [4.69, 9.17) is 9.47 Å². The van der Waals surface area contributed by atoms with Crippen molar-refractivity contribution < 1.29 is 19.1 Å². The zero-order valence-corrected chi connectivity index (χ0v) is 14.6. The fourth-order valence-corrected chi connectivity index (χ4v) is 3.36. The average molecular weight is 339 g/mol. The van der Waals surface area contributed by atoms with E-state index in [9.17, 15) is 9.59 Å². The molecule has 0 fully saturated rings. The molecule has 0 N–H and O–H groups in total. The molecule has 0 bridgehead atoms. The Bertz CT molecular complexity index is 785. The van der Waals surface area contributed by atoms with E-state index in [1.807, 2.05) is 31.2 Å². The van der Waals surface area contributed by atoms with Crippen LogP contribution in [-0.4, -0.2) is 32.1 Å². The molecule has 5 heteroatoms. The molecule has 1 heterocycles. The molecule has 5 nitrogen and oxygen atoms in total. The van der Waals surface area contributed by atoms with E-state index in [1.54, 1.807) is 36.3 Å². The smallest absolute Gasteiger partial charge is 0.313 e. The minimum Gasteiger partial charge on any atom is -0.497 e. The number of nitrogens with zero attached hydrogens (tertiary/aromatic N) is 1. The lowest BCUT2D eigenvalue weighted by atomic mass is 9.85. The molecule has 130 valence electrons. The lowest BCUT2D eigenvalue weighted by Crippen LogP contribution is -2.44. The Morgan fingerprint density at radius 3 is 2.36 bits per heavy atom. The summed E-state index contributed by atoms with van der Waals surface area (Å²) in [5.41, 5.74) is 2.17. The maximum absolute atomic E-state index is 13.1. The lowest BCUT2D eigenvalue weighted by molar-refractivity contribution is -0.142. The first-order valence-corrected chi connectivity index (χ1v) is 8.21. The molecular formula is C20H21NO4. The molecule has 1 aliphatic heterocycles. The molecule has 1 amide bonds. The van der Waals surface area contributed by atoms with Gasteiger partial charge in [0.15, 0.2) is 0 Å².